The predicted octanol–water partition coefficient (Wildman–Crippen LogP) is 2.21. The highest BCUT2D eigenvalue weighted by Crippen LogP contribution is 1.98. The smallest absolute Gasteiger partial charge is 0.0696 e. The molecular weight excluding hydrogens is 190 g/mol. The van der Waals surface area contributed by atoms with Gasteiger partial charge in [-0.2, -0.15) is 0 Å². The zero-order valence-corrected chi connectivity index (χ0v) is 10.7. The van der Waals surface area contributed by atoms with E-state index >= 15 is 0 Å². The maximum absolute atomic E-state index is 5.56. The normalized spacial score (nSPS) is 15.2. The fraction of sp³-hybridized carbons (Fsp3) is 1.00. The highest BCUT2D eigenvalue weighted by molar-refractivity contribution is 4.64. The summed E-state index contributed by atoms with van der Waals surface area (Å²) in [6, 6.07) is 0. The van der Waals surface area contributed by atoms with Gasteiger partial charge in [-0.25, -0.2) is 0 Å². The Hall–Kier alpha value is -0.120. The van der Waals surface area contributed by atoms with E-state index in [1.165, 1.54) is 0 Å². The molecule has 0 aromatic carbocycles. The first-order chi connectivity index (χ1) is 7.28. The first-order valence-electron chi connectivity index (χ1n) is 6.22. The molecule has 0 saturated carbocycles. The number of hydrogen-bond donors (Lipinski definition) is 1. The third kappa shape index (κ3) is 7.77. The Balaban J connectivity index is 3.55. The Labute approximate surface area is 94.5 Å². The maximum atomic E-state index is 5.56. The van der Waals surface area contributed by atoms with Gasteiger partial charge < -0.3 is 14.8 Å². The van der Waals surface area contributed by atoms with Crippen LogP contribution in [0.5, 0.6) is 0 Å². The molecule has 3 nitrogen and oxygen atoms in total. The van der Waals surface area contributed by atoms with E-state index in [1.54, 1.807) is 0 Å². The fourth-order valence-corrected chi connectivity index (χ4v) is 1.52. The van der Waals surface area contributed by atoms with E-state index in [-0.39, 0.29) is 0 Å². The molecule has 0 aromatic heterocycles. The van der Waals surface area contributed by atoms with E-state index in [1.807, 2.05) is 13.8 Å². The lowest BCUT2D eigenvalue weighted by molar-refractivity contribution is 0.0423. The van der Waals surface area contributed by atoms with Gasteiger partial charge >= 0.3 is 0 Å². The third-order valence-corrected chi connectivity index (χ3v) is 2.46. The van der Waals surface area contributed by atoms with Gasteiger partial charge in [0.2, 0.25) is 0 Å². The molecule has 0 fully saturated rings. The summed E-state index contributed by atoms with van der Waals surface area (Å²) in [7, 11) is 0. The highest BCUT2D eigenvalue weighted by Gasteiger charge is 2.08. The van der Waals surface area contributed by atoms with Gasteiger partial charge in [0.1, 0.15) is 0 Å². The SMILES string of the molecule is CCOC(CC)CNCC(CC)OCC. The molecule has 0 aliphatic heterocycles. The van der Waals surface area contributed by atoms with Crippen LogP contribution in [-0.2, 0) is 9.47 Å². The van der Waals surface area contributed by atoms with Crippen molar-refractivity contribution in [2.75, 3.05) is 26.3 Å². The van der Waals surface area contributed by atoms with Gasteiger partial charge in [0.05, 0.1) is 12.2 Å². The van der Waals surface area contributed by atoms with Crippen molar-refractivity contribution in [3.63, 3.8) is 0 Å². The van der Waals surface area contributed by atoms with Crippen LogP contribution in [0.15, 0.2) is 0 Å². The van der Waals surface area contributed by atoms with Crippen LogP contribution in [0.3, 0.4) is 0 Å². The molecule has 1 N–H and O–H groups in total. The molecule has 0 aliphatic carbocycles. The van der Waals surface area contributed by atoms with Crippen LogP contribution in [-0.4, -0.2) is 38.5 Å². The molecule has 0 heterocycles. The van der Waals surface area contributed by atoms with Crippen molar-refractivity contribution < 1.29 is 9.47 Å². The average Bonchev–Trinajstić information content (AvgIpc) is 2.26. The monoisotopic (exact) mass is 217 g/mol. The Morgan fingerprint density at radius 3 is 1.47 bits per heavy atom. The van der Waals surface area contributed by atoms with Crippen molar-refractivity contribution >= 4 is 0 Å². The summed E-state index contributed by atoms with van der Waals surface area (Å²) in [5, 5.41) is 3.41. The molecule has 0 amide bonds. The Morgan fingerprint density at radius 1 is 0.800 bits per heavy atom. The van der Waals surface area contributed by atoms with E-state index in [2.05, 4.69) is 19.2 Å². The summed E-state index contributed by atoms with van der Waals surface area (Å²) in [5.41, 5.74) is 0. The first kappa shape index (κ1) is 14.9. The second-order valence-electron chi connectivity index (χ2n) is 3.63. The molecule has 0 saturated heterocycles. The molecule has 92 valence electrons. The second kappa shape index (κ2) is 10.4. The molecule has 0 rings (SSSR count). The number of ether oxygens (including phenoxy) is 2. The largest absolute Gasteiger partial charge is 0.377 e. The summed E-state index contributed by atoms with van der Waals surface area (Å²) in [4.78, 5) is 0. The van der Waals surface area contributed by atoms with E-state index in [0.717, 1.165) is 39.1 Å². The molecule has 0 bridgehead atoms. The van der Waals surface area contributed by atoms with Crippen molar-refractivity contribution in [3.05, 3.63) is 0 Å². The Bertz CT molecular complexity index is 117. The van der Waals surface area contributed by atoms with E-state index in [9.17, 15) is 0 Å². The molecule has 0 aromatic rings. The van der Waals surface area contributed by atoms with Crippen LogP contribution in [0.2, 0.25) is 0 Å². The first-order valence-corrected chi connectivity index (χ1v) is 6.22. The Kier molecular flexibility index (Phi) is 10.3. The molecule has 0 spiro atoms. The lowest BCUT2D eigenvalue weighted by atomic mass is 10.2. The molecule has 3 heteroatoms. The molecular formula is C12H27NO2. The molecule has 0 aliphatic rings. The van der Waals surface area contributed by atoms with Gasteiger partial charge in [0, 0.05) is 26.3 Å². The van der Waals surface area contributed by atoms with Gasteiger partial charge in [-0.1, -0.05) is 13.8 Å². The summed E-state index contributed by atoms with van der Waals surface area (Å²) < 4.78 is 11.1. The molecule has 2 atom stereocenters. The number of rotatable bonds is 10. The lowest BCUT2D eigenvalue weighted by Crippen LogP contribution is -2.35. The standard InChI is InChI=1S/C12H27NO2/c1-5-11(14-7-3)9-13-10-12(6-2)15-8-4/h11-13H,5-10H2,1-4H3. The van der Waals surface area contributed by atoms with Crippen molar-refractivity contribution in [2.45, 2.75) is 52.7 Å². The van der Waals surface area contributed by atoms with Crippen LogP contribution in [0.1, 0.15) is 40.5 Å². The summed E-state index contributed by atoms with van der Waals surface area (Å²) in [5.74, 6) is 0. The lowest BCUT2D eigenvalue weighted by Gasteiger charge is -2.19. The minimum atomic E-state index is 0.342. The summed E-state index contributed by atoms with van der Waals surface area (Å²) in [6.07, 6.45) is 2.81. The minimum Gasteiger partial charge on any atom is -0.377 e. The predicted molar refractivity (Wildman–Crippen MR) is 64.3 cm³/mol. The third-order valence-electron chi connectivity index (χ3n) is 2.46. The maximum Gasteiger partial charge on any atom is 0.0696 e. The van der Waals surface area contributed by atoms with Crippen LogP contribution < -0.4 is 5.32 Å². The topological polar surface area (TPSA) is 30.5 Å². The second-order valence-corrected chi connectivity index (χ2v) is 3.63. The van der Waals surface area contributed by atoms with E-state index in [4.69, 9.17) is 9.47 Å². The Morgan fingerprint density at radius 2 is 1.20 bits per heavy atom. The van der Waals surface area contributed by atoms with Crippen LogP contribution in [0, 0.1) is 0 Å². The van der Waals surface area contributed by atoms with Crippen molar-refractivity contribution in [2.24, 2.45) is 0 Å². The van der Waals surface area contributed by atoms with Crippen molar-refractivity contribution in [3.8, 4) is 0 Å². The number of hydrogen-bond acceptors (Lipinski definition) is 3. The van der Waals surface area contributed by atoms with Crippen molar-refractivity contribution in [1.29, 1.82) is 0 Å². The van der Waals surface area contributed by atoms with Crippen LogP contribution in [0.25, 0.3) is 0 Å². The van der Waals surface area contributed by atoms with Gasteiger partial charge in [0.15, 0.2) is 0 Å². The van der Waals surface area contributed by atoms with Gasteiger partial charge in [0.25, 0.3) is 0 Å². The molecule has 0 radical (unpaired) electrons. The summed E-state index contributed by atoms with van der Waals surface area (Å²) >= 11 is 0. The minimum absolute atomic E-state index is 0.342. The van der Waals surface area contributed by atoms with Crippen molar-refractivity contribution in [1.82, 2.24) is 5.32 Å². The molecule has 15 heavy (non-hydrogen) atoms. The zero-order valence-electron chi connectivity index (χ0n) is 10.7. The summed E-state index contributed by atoms with van der Waals surface area (Å²) in [6.45, 7) is 11.8. The van der Waals surface area contributed by atoms with Gasteiger partial charge in [-0.3, -0.25) is 0 Å². The molecule has 2 unspecified atom stereocenters. The van der Waals surface area contributed by atoms with Crippen LogP contribution >= 0.6 is 0 Å². The van der Waals surface area contributed by atoms with Gasteiger partial charge in [-0.05, 0) is 26.7 Å². The van der Waals surface area contributed by atoms with Gasteiger partial charge in [-0.15, -0.1) is 0 Å². The quantitative estimate of drug-likeness (QED) is 0.608. The number of nitrogens with one attached hydrogen (secondary N) is 1. The van der Waals surface area contributed by atoms with Crippen LogP contribution in [0.4, 0.5) is 0 Å². The fourth-order valence-electron chi connectivity index (χ4n) is 1.52. The van der Waals surface area contributed by atoms with E-state index < -0.39 is 0 Å². The zero-order chi connectivity index (χ0) is 11.5. The highest BCUT2D eigenvalue weighted by atomic mass is 16.5. The van der Waals surface area contributed by atoms with E-state index in [0.29, 0.717) is 12.2 Å². The average molecular weight is 217 g/mol.